The molecule has 110 valence electrons. The Balaban J connectivity index is 2.47. The maximum Gasteiger partial charge on any atom is 0.335 e. The Morgan fingerprint density at radius 1 is 1.29 bits per heavy atom. The molecule has 0 spiro atoms. The van der Waals surface area contributed by atoms with Gasteiger partial charge in [-0.25, -0.2) is 17.6 Å². The Hall–Kier alpha value is -2.68. The van der Waals surface area contributed by atoms with Crippen molar-refractivity contribution in [3.05, 3.63) is 58.3 Å². The first-order valence-electron chi connectivity index (χ1n) is 5.54. The first-order valence-corrected chi connectivity index (χ1v) is 7.02. The lowest BCUT2D eigenvalue weighted by Crippen LogP contribution is -2.21. The van der Waals surface area contributed by atoms with Gasteiger partial charge in [0.1, 0.15) is 5.82 Å². The third kappa shape index (κ3) is 3.08. The van der Waals surface area contributed by atoms with Gasteiger partial charge in [0.15, 0.2) is 4.90 Å². The second-order valence-corrected chi connectivity index (χ2v) is 5.63. The standard InChI is InChI=1S/C12H9FN2O5S/c13-8-2-1-7(12(17)18)5-9(8)15-21(19,20)11-6-14-4-3-10(11)16/h1-6,15H,(H,14,16)(H,17,18). The van der Waals surface area contributed by atoms with Gasteiger partial charge < -0.3 is 10.1 Å². The summed E-state index contributed by atoms with van der Waals surface area (Å²) in [5.74, 6) is -2.30. The van der Waals surface area contributed by atoms with Crippen LogP contribution in [0.1, 0.15) is 10.4 Å². The molecule has 7 nitrogen and oxygen atoms in total. The SMILES string of the molecule is O=C(O)c1ccc(F)c(NS(=O)(=O)c2c[nH]ccc2=O)c1. The number of aromatic nitrogens is 1. The van der Waals surface area contributed by atoms with E-state index in [1.807, 2.05) is 4.72 Å². The molecule has 1 heterocycles. The molecule has 3 N–H and O–H groups in total. The van der Waals surface area contributed by atoms with E-state index in [2.05, 4.69) is 4.98 Å². The van der Waals surface area contributed by atoms with Crippen LogP contribution < -0.4 is 10.2 Å². The number of aromatic amines is 1. The van der Waals surface area contributed by atoms with E-state index < -0.39 is 37.8 Å². The van der Waals surface area contributed by atoms with Crippen molar-refractivity contribution in [1.29, 1.82) is 0 Å². The number of aromatic carboxylic acids is 1. The van der Waals surface area contributed by atoms with E-state index in [9.17, 15) is 22.4 Å². The molecule has 1 aromatic carbocycles. The number of H-pyrrole nitrogens is 1. The van der Waals surface area contributed by atoms with Gasteiger partial charge in [0.25, 0.3) is 10.0 Å². The van der Waals surface area contributed by atoms with Crippen LogP contribution in [0.15, 0.2) is 46.3 Å². The van der Waals surface area contributed by atoms with Crippen LogP contribution in [0.4, 0.5) is 10.1 Å². The van der Waals surface area contributed by atoms with Gasteiger partial charge in [-0.1, -0.05) is 0 Å². The molecule has 1 aromatic heterocycles. The number of rotatable bonds is 4. The zero-order valence-electron chi connectivity index (χ0n) is 10.3. The molecule has 2 aromatic rings. The number of benzene rings is 1. The molecular formula is C12H9FN2O5S. The van der Waals surface area contributed by atoms with Crippen LogP contribution in [0.3, 0.4) is 0 Å². The van der Waals surface area contributed by atoms with Crippen molar-refractivity contribution < 1.29 is 22.7 Å². The predicted octanol–water partition coefficient (Wildman–Crippen LogP) is 1.01. The summed E-state index contributed by atoms with van der Waals surface area (Å²) in [6, 6.07) is 3.63. The number of sulfonamides is 1. The molecule has 0 saturated carbocycles. The highest BCUT2D eigenvalue weighted by molar-refractivity contribution is 7.92. The highest BCUT2D eigenvalue weighted by Crippen LogP contribution is 2.19. The summed E-state index contributed by atoms with van der Waals surface area (Å²) in [7, 11) is -4.34. The largest absolute Gasteiger partial charge is 0.478 e. The fourth-order valence-corrected chi connectivity index (χ4v) is 2.66. The molecule has 0 unspecified atom stereocenters. The average molecular weight is 312 g/mol. The minimum atomic E-state index is -4.34. The fourth-order valence-electron chi connectivity index (χ4n) is 1.55. The molecule has 0 fully saturated rings. The third-order valence-electron chi connectivity index (χ3n) is 2.54. The van der Waals surface area contributed by atoms with Gasteiger partial charge >= 0.3 is 5.97 Å². The van der Waals surface area contributed by atoms with E-state index in [0.717, 1.165) is 30.5 Å². The Morgan fingerprint density at radius 2 is 2.00 bits per heavy atom. The summed E-state index contributed by atoms with van der Waals surface area (Å²) in [5, 5.41) is 8.80. The normalized spacial score (nSPS) is 11.1. The second kappa shape index (κ2) is 5.37. The maximum absolute atomic E-state index is 13.6. The summed E-state index contributed by atoms with van der Waals surface area (Å²) in [6.45, 7) is 0. The maximum atomic E-state index is 13.6. The number of hydrogen-bond donors (Lipinski definition) is 3. The summed E-state index contributed by atoms with van der Waals surface area (Å²) in [4.78, 5) is 24.1. The Morgan fingerprint density at radius 3 is 2.62 bits per heavy atom. The van der Waals surface area contributed by atoms with Crippen LogP contribution in [-0.2, 0) is 10.0 Å². The summed E-state index contributed by atoms with van der Waals surface area (Å²) in [6.07, 6.45) is 2.19. The van der Waals surface area contributed by atoms with Crippen LogP contribution in [0.5, 0.6) is 0 Å². The van der Waals surface area contributed by atoms with Crippen molar-refractivity contribution in [2.24, 2.45) is 0 Å². The Bertz CT molecular complexity index is 860. The summed E-state index contributed by atoms with van der Waals surface area (Å²) in [5.41, 5.74) is -1.63. The van der Waals surface area contributed by atoms with Crippen LogP contribution >= 0.6 is 0 Å². The van der Waals surface area contributed by atoms with E-state index in [-0.39, 0.29) is 5.56 Å². The number of halogens is 1. The van der Waals surface area contributed by atoms with E-state index in [1.54, 1.807) is 0 Å². The number of carboxylic acid groups (broad SMARTS) is 1. The Labute approximate surface area is 118 Å². The molecule has 0 aliphatic heterocycles. The van der Waals surface area contributed by atoms with Gasteiger partial charge in [0.05, 0.1) is 11.3 Å². The molecule has 2 rings (SSSR count). The number of nitrogens with one attached hydrogen (secondary N) is 2. The van der Waals surface area contributed by atoms with Gasteiger partial charge in [-0.05, 0) is 18.2 Å². The topological polar surface area (TPSA) is 116 Å². The quantitative estimate of drug-likeness (QED) is 0.779. The lowest BCUT2D eigenvalue weighted by atomic mass is 10.2. The van der Waals surface area contributed by atoms with Gasteiger partial charge in [-0.2, -0.15) is 0 Å². The molecule has 0 amide bonds. The summed E-state index contributed by atoms with van der Waals surface area (Å²) >= 11 is 0. The number of carbonyl (C=O) groups is 1. The zero-order chi connectivity index (χ0) is 15.6. The van der Waals surface area contributed by atoms with E-state index in [4.69, 9.17) is 5.11 Å². The minimum absolute atomic E-state index is 0.295. The van der Waals surface area contributed by atoms with Crippen LogP contribution in [0, 0.1) is 5.82 Å². The molecule has 0 radical (unpaired) electrons. The number of hydrogen-bond acceptors (Lipinski definition) is 4. The molecule has 21 heavy (non-hydrogen) atoms. The number of pyridine rings is 1. The first-order chi connectivity index (χ1) is 9.81. The highest BCUT2D eigenvalue weighted by Gasteiger charge is 2.20. The van der Waals surface area contributed by atoms with Crippen molar-refractivity contribution in [3.63, 3.8) is 0 Å². The van der Waals surface area contributed by atoms with E-state index in [1.165, 1.54) is 6.20 Å². The van der Waals surface area contributed by atoms with Crippen molar-refractivity contribution >= 4 is 21.7 Å². The minimum Gasteiger partial charge on any atom is -0.478 e. The van der Waals surface area contributed by atoms with E-state index >= 15 is 0 Å². The molecular weight excluding hydrogens is 303 g/mol. The molecule has 0 bridgehead atoms. The second-order valence-electron chi connectivity index (χ2n) is 3.98. The first kappa shape index (κ1) is 14.7. The van der Waals surface area contributed by atoms with Gasteiger partial charge in [-0.3, -0.25) is 9.52 Å². The smallest absolute Gasteiger partial charge is 0.335 e. The van der Waals surface area contributed by atoms with Gasteiger partial charge in [-0.15, -0.1) is 0 Å². The Kier molecular flexibility index (Phi) is 3.76. The van der Waals surface area contributed by atoms with Crippen molar-refractivity contribution in [3.8, 4) is 0 Å². The van der Waals surface area contributed by atoms with Crippen LogP contribution in [0.25, 0.3) is 0 Å². The molecule has 0 saturated heterocycles. The number of carboxylic acids is 1. The highest BCUT2D eigenvalue weighted by atomic mass is 32.2. The van der Waals surface area contributed by atoms with Crippen molar-refractivity contribution in [2.75, 3.05) is 4.72 Å². The van der Waals surface area contributed by atoms with Crippen LogP contribution in [-0.4, -0.2) is 24.5 Å². The van der Waals surface area contributed by atoms with Gasteiger partial charge in [0.2, 0.25) is 5.43 Å². The molecule has 9 heteroatoms. The molecule has 0 atom stereocenters. The fraction of sp³-hybridized carbons (Fsp3) is 0. The lowest BCUT2D eigenvalue weighted by Gasteiger charge is -2.09. The molecule has 0 aliphatic carbocycles. The van der Waals surface area contributed by atoms with Gasteiger partial charge in [0, 0.05) is 18.5 Å². The van der Waals surface area contributed by atoms with E-state index in [0.29, 0.717) is 0 Å². The average Bonchev–Trinajstić information content (AvgIpc) is 2.41. The van der Waals surface area contributed by atoms with Crippen LogP contribution in [0.2, 0.25) is 0 Å². The predicted molar refractivity (Wildman–Crippen MR) is 71.2 cm³/mol. The van der Waals surface area contributed by atoms with Crippen molar-refractivity contribution in [1.82, 2.24) is 4.98 Å². The summed E-state index contributed by atoms with van der Waals surface area (Å²) < 4.78 is 39.4. The number of anilines is 1. The zero-order valence-corrected chi connectivity index (χ0v) is 11.1. The monoisotopic (exact) mass is 312 g/mol. The molecule has 0 aliphatic rings. The van der Waals surface area contributed by atoms with Crippen molar-refractivity contribution in [2.45, 2.75) is 4.90 Å². The third-order valence-corrected chi connectivity index (χ3v) is 3.92. The lowest BCUT2D eigenvalue weighted by molar-refractivity contribution is 0.0697.